The van der Waals surface area contributed by atoms with E-state index in [1.807, 2.05) is 0 Å². The summed E-state index contributed by atoms with van der Waals surface area (Å²) in [5, 5.41) is 6.39. The first kappa shape index (κ1) is 12.8. The highest BCUT2D eigenvalue weighted by atomic mass is 16.5. The first-order valence-corrected chi connectivity index (χ1v) is 6.78. The second-order valence-corrected chi connectivity index (χ2v) is 5.64. The number of hydrogen-bond donors (Lipinski definition) is 2. The van der Waals surface area contributed by atoms with Crippen LogP contribution < -0.4 is 10.6 Å². The SMILES string of the molecule is CC1(CNC(=O)[C@@H]2CCCCN2)CCOCC1. The maximum atomic E-state index is 12.0. The zero-order chi connectivity index (χ0) is 12.1. The molecule has 0 aromatic rings. The molecule has 2 heterocycles. The van der Waals surface area contributed by atoms with Crippen LogP contribution in [0.2, 0.25) is 0 Å². The normalized spacial score (nSPS) is 28.6. The van der Waals surface area contributed by atoms with Gasteiger partial charge in [-0.3, -0.25) is 4.79 Å². The molecule has 2 aliphatic heterocycles. The first-order valence-electron chi connectivity index (χ1n) is 6.78. The van der Waals surface area contributed by atoms with Crippen LogP contribution in [0.3, 0.4) is 0 Å². The molecule has 0 bridgehead atoms. The number of hydrogen-bond acceptors (Lipinski definition) is 3. The quantitative estimate of drug-likeness (QED) is 0.775. The van der Waals surface area contributed by atoms with Crippen molar-refractivity contribution >= 4 is 5.91 Å². The molecule has 0 radical (unpaired) electrons. The maximum Gasteiger partial charge on any atom is 0.237 e. The average Bonchev–Trinajstić information content (AvgIpc) is 2.38. The molecule has 1 amide bonds. The van der Waals surface area contributed by atoms with Gasteiger partial charge >= 0.3 is 0 Å². The molecule has 0 aromatic carbocycles. The van der Waals surface area contributed by atoms with Crippen molar-refractivity contribution in [2.75, 3.05) is 26.3 Å². The van der Waals surface area contributed by atoms with Crippen molar-refractivity contribution in [2.24, 2.45) is 5.41 Å². The second-order valence-electron chi connectivity index (χ2n) is 5.64. The number of amides is 1. The van der Waals surface area contributed by atoms with E-state index in [4.69, 9.17) is 4.74 Å². The van der Waals surface area contributed by atoms with E-state index < -0.39 is 0 Å². The fourth-order valence-electron chi connectivity index (χ4n) is 2.54. The molecule has 2 fully saturated rings. The predicted molar refractivity (Wildman–Crippen MR) is 66.8 cm³/mol. The van der Waals surface area contributed by atoms with Gasteiger partial charge in [-0.2, -0.15) is 0 Å². The van der Waals surface area contributed by atoms with Gasteiger partial charge < -0.3 is 15.4 Å². The molecule has 4 heteroatoms. The molecule has 0 spiro atoms. The van der Waals surface area contributed by atoms with Crippen LogP contribution >= 0.6 is 0 Å². The number of piperidine rings is 1. The summed E-state index contributed by atoms with van der Waals surface area (Å²) in [6.07, 6.45) is 5.43. The van der Waals surface area contributed by atoms with Crippen molar-refractivity contribution in [1.82, 2.24) is 10.6 Å². The van der Waals surface area contributed by atoms with E-state index in [-0.39, 0.29) is 17.4 Å². The third-order valence-corrected chi connectivity index (χ3v) is 4.02. The number of nitrogens with one attached hydrogen (secondary N) is 2. The van der Waals surface area contributed by atoms with Crippen LogP contribution in [-0.2, 0) is 9.53 Å². The van der Waals surface area contributed by atoms with Gasteiger partial charge in [0.15, 0.2) is 0 Å². The largest absolute Gasteiger partial charge is 0.381 e. The molecule has 17 heavy (non-hydrogen) atoms. The van der Waals surface area contributed by atoms with Gasteiger partial charge in [-0.1, -0.05) is 13.3 Å². The molecule has 0 unspecified atom stereocenters. The average molecular weight is 240 g/mol. The van der Waals surface area contributed by atoms with E-state index in [9.17, 15) is 4.79 Å². The fraction of sp³-hybridized carbons (Fsp3) is 0.923. The number of carbonyl (C=O) groups is 1. The Morgan fingerprint density at radius 2 is 2.18 bits per heavy atom. The summed E-state index contributed by atoms with van der Waals surface area (Å²) in [6, 6.07) is 0.0344. The van der Waals surface area contributed by atoms with E-state index in [1.165, 1.54) is 6.42 Å². The third-order valence-electron chi connectivity index (χ3n) is 4.02. The Balaban J connectivity index is 1.74. The highest BCUT2D eigenvalue weighted by Gasteiger charge is 2.29. The van der Waals surface area contributed by atoms with Crippen molar-refractivity contribution in [2.45, 2.75) is 45.1 Å². The van der Waals surface area contributed by atoms with Crippen molar-refractivity contribution in [1.29, 1.82) is 0 Å². The van der Waals surface area contributed by atoms with E-state index in [0.29, 0.717) is 0 Å². The van der Waals surface area contributed by atoms with Gasteiger partial charge in [0.25, 0.3) is 0 Å². The van der Waals surface area contributed by atoms with Gasteiger partial charge in [0, 0.05) is 19.8 Å². The summed E-state index contributed by atoms with van der Waals surface area (Å²) < 4.78 is 5.36. The Labute approximate surface area is 103 Å². The minimum Gasteiger partial charge on any atom is -0.381 e. The van der Waals surface area contributed by atoms with E-state index in [0.717, 1.165) is 52.0 Å². The van der Waals surface area contributed by atoms with Crippen molar-refractivity contribution < 1.29 is 9.53 Å². The molecular weight excluding hydrogens is 216 g/mol. The van der Waals surface area contributed by atoms with Gasteiger partial charge in [0.2, 0.25) is 5.91 Å². The molecule has 0 saturated carbocycles. The van der Waals surface area contributed by atoms with Gasteiger partial charge in [0.05, 0.1) is 6.04 Å². The van der Waals surface area contributed by atoms with Crippen molar-refractivity contribution in [3.8, 4) is 0 Å². The highest BCUT2D eigenvalue weighted by Crippen LogP contribution is 2.28. The monoisotopic (exact) mass is 240 g/mol. The third kappa shape index (κ3) is 3.68. The topological polar surface area (TPSA) is 50.4 Å². The lowest BCUT2D eigenvalue weighted by molar-refractivity contribution is -0.124. The zero-order valence-electron chi connectivity index (χ0n) is 10.8. The van der Waals surface area contributed by atoms with Gasteiger partial charge in [-0.05, 0) is 37.6 Å². The molecule has 2 aliphatic rings. The van der Waals surface area contributed by atoms with Crippen LogP contribution in [0.25, 0.3) is 0 Å². The van der Waals surface area contributed by atoms with E-state index >= 15 is 0 Å². The molecule has 0 aliphatic carbocycles. The molecule has 1 atom stereocenters. The molecular formula is C13H24N2O2. The van der Waals surface area contributed by atoms with Crippen LogP contribution in [0.1, 0.15) is 39.0 Å². The van der Waals surface area contributed by atoms with E-state index in [1.54, 1.807) is 0 Å². The van der Waals surface area contributed by atoms with Gasteiger partial charge in [0.1, 0.15) is 0 Å². The lowest BCUT2D eigenvalue weighted by atomic mass is 9.82. The zero-order valence-corrected chi connectivity index (χ0v) is 10.8. The second kappa shape index (κ2) is 5.83. The molecule has 2 N–H and O–H groups in total. The summed E-state index contributed by atoms with van der Waals surface area (Å²) >= 11 is 0. The molecule has 2 saturated heterocycles. The molecule has 0 aromatic heterocycles. The summed E-state index contributed by atoms with van der Waals surface area (Å²) in [5.74, 6) is 0.178. The van der Waals surface area contributed by atoms with Gasteiger partial charge in [-0.15, -0.1) is 0 Å². The Hall–Kier alpha value is -0.610. The lowest BCUT2D eigenvalue weighted by Crippen LogP contribution is -2.49. The van der Waals surface area contributed by atoms with Crippen molar-refractivity contribution in [3.63, 3.8) is 0 Å². The number of ether oxygens (including phenoxy) is 1. The maximum absolute atomic E-state index is 12.0. The standard InChI is InChI=1S/C13H24N2O2/c1-13(5-8-17-9-6-13)10-15-12(16)11-4-2-3-7-14-11/h11,14H,2-10H2,1H3,(H,15,16)/t11-/m0/s1. The molecule has 98 valence electrons. The Morgan fingerprint density at radius 1 is 1.41 bits per heavy atom. The van der Waals surface area contributed by atoms with Crippen LogP contribution in [0.15, 0.2) is 0 Å². The first-order chi connectivity index (χ1) is 8.20. The molecule has 4 nitrogen and oxygen atoms in total. The van der Waals surface area contributed by atoms with E-state index in [2.05, 4.69) is 17.6 Å². The Kier molecular flexibility index (Phi) is 4.40. The van der Waals surface area contributed by atoms with Crippen molar-refractivity contribution in [3.05, 3.63) is 0 Å². The fourth-order valence-corrected chi connectivity index (χ4v) is 2.54. The highest BCUT2D eigenvalue weighted by molar-refractivity contribution is 5.81. The number of rotatable bonds is 3. The number of carbonyl (C=O) groups excluding carboxylic acids is 1. The summed E-state index contributed by atoms with van der Waals surface area (Å²) in [7, 11) is 0. The summed E-state index contributed by atoms with van der Waals surface area (Å²) in [4.78, 5) is 12.0. The summed E-state index contributed by atoms with van der Waals surface area (Å²) in [6.45, 7) is 5.66. The Bertz CT molecular complexity index is 256. The van der Waals surface area contributed by atoms with Gasteiger partial charge in [-0.25, -0.2) is 0 Å². The molecule has 2 rings (SSSR count). The Morgan fingerprint density at radius 3 is 2.82 bits per heavy atom. The predicted octanol–water partition coefficient (Wildman–Crippen LogP) is 1.06. The van der Waals surface area contributed by atoms with Crippen LogP contribution in [0.4, 0.5) is 0 Å². The summed E-state index contributed by atoms with van der Waals surface area (Å²) in [5.41, 5.74) is 0.225. The van der Waals surface area contributed by atoms with Crippen LogP contribution in [-0.4, -0.2) is 38.3 Å². The van der Waals surface area contributed by atoms with Crippen LogP contribution in [0.5, 0.6) is 0 Å². The minimum absolute atomic E-state index is 0.0344. The smallest absolute Gasteiger partial charge is 0.237 e. The van der Waals surface area contributed by atoms with Crippen LogP contribution in [0, 0.1) is 5.41 Å². The minimum atomic E-state index is 0.0344. The lowest BCUT2D eigenvalue weighted by Gasteiger charge is -2.34.